The number of ether oxygens (including phenoxy) is 1. The van der Waals surface area contributed by atoms with Crippen LogP contribution < -0.4 is 11.1 Å². The van der Waals surface area contributed by atoms with Gasteiger partial charge in [0.2, 0.25) is 0 Å². The molecule has 6 heteroatoms. The SMILES string of the molecule is CCOC(=O)CNc1c(N)ccc(Cl)c1Cl. The number of nitrogen functional groups attached to an aromatic ring is 1. The van der Waals surface area contributed by atoms with Crippen LogP contribution in [0, 0.1) is 0 Å². The van der Waals surface area contributed by atoms with Crippen molar-refractivity contribution in [1.82, 2.24) is 0 Å². The second-order valence-electron chi connectivity index (χ2n) is 2.98. The van der Waals surface area contributed by atoms with Gasteiger partial charge in [-0.1, -0.05) is 23.2 Å². The second kappa shape index (κ2) is 5.82. The predicted molar refractivity (Wildman–Crippen MR) is 66.0 cm³/mol. The average Bonchev–Trinajstić information content (AvgIpc) is 2.24. The Bertz CT molecular complexity index is 397. The van der Waals surface area contributed by atoms with Crippen LogP contribution in [0.1, 0.15) is 6.92 Å². The number of nitrogens with two attached hydrogens (primary N) is 1. The van der Waals surface area contributed by atoms with Crippen molar-refractivity contribution in [1.29, 1.82) is 0 Å². The van der Waals surface area contributed by atoms with Crippen LogP contribution in [-0.4, -0.2) is 19.1 Å². The zero-order valence-corrected chi connectivity index (χ0v) is 10.2. The van der Waals surface area contributed by atoms with Crippen LogP contribution in [0.3, 0.4) is 0 Å². The van der Waals surface area contributed by atoms with E-state index >= 15 is 0 Å². The van der Waals surface area contributed by atoms with Crippen molar-refractivity contribution in [2.75, 3.05) is 24.2 Å². The Morgan fingerprint density at radius 1 is 1.50 bits per heavy atom. The molecule has 1 rings (SSSR count). The largest absolute Gasteiger partial charge is 0.465 e. The molecule has 0 saturated carbocycles. The average molecular weight is 263 g/mol. The highest BCUT2D eigenvalue weighted by Crippen LogP contribution is 2.34. The van der Waals surface area contributed by atoms with E-state index < -0.39 is 0 Å². The lowest BCUT2D eigenvalue weighted by Gasteiger charge is -2.11. The van der Waals surface area contributed by atoms with Crippen LogP contribution in [0.4, 0.5) is 11.4 Å². The maximum Gasteiger partial charge on any atom is 0.325 e. The first-order chi connectivity index (χ1) is 7.56. The number of nitrogens with one attached hydrogen (secondary N) is 1. The molecule has 0 atom stereocenters. The first kappa shape index (κ1) is 12.9. The van der Waals surface area contributed by atoms with Crippen molar-refractivity contribution < 1.29 is 9.53 Å². The number of carbonyl (C=O) groups excluding carboxylic acids is 1. The fourth-order valence-corrected chi connectivity index (χ4v) is 1.51. The Hall–Kier alpha value is -1.13. The molecule has 0 fully saturated rings. The topological polar surface area (TPSA) is 64.3 Å². The van der Waals surface area contributed by atoms with Crippen molar-refractivity contribution in [3.8, 4) is 0 Å². The van der Waals surface area contributed by atoms with E-state index in [1.807, 2.05) is 0 Å². The molecule has 0 aliphatic carbocycles. The molecule has 3 N–H and O–H groups in total. The summed E-state index contributed by atoms with van der Waals surface area (Å²) in [6, 6.07) is 3.20. The summed E-state index contributed by atoms with van der Waals surface area (Å²) in [7, 11) is 0. The highest BCUT2D eigenvalue weighted by molar-refractivity contribution is 6.44. The molecule has 0 aliphatic rings. The lowest BCUT2D eigenvalue weighted by atomic mass is 10.2. The molecule has 0 spiro atoms. The Balaban J connectivity index is 2.74. The van der Waals surface area contributed by atoms with Gasteiger partial charge in [-0.05, 0) is 19.1 Å². The van der Waals surface area contributed by atoms with Crippen LogP contribution in [-0.2, 0) is 9.53 Å². The molecule has 0 aromatic heterocycles. The lowest BCUT2D eigenvalue weighted by molar-refractivity contribution is -0.140. The van der Waals surface area contributed by atoms with Gasteiger partial charge in [-0.2, -0.15) is 0 Å². The Labute approximate surface area is 104 Å². The highest BCUT2D eigenvalue weighted by atomic mass is 35.5. The molecule has 0 radical (unpaired) electrons. The minimum Gasteiger partial charge on any atom is -0.465 e. The molecule has 16 heavy (non-hydrogen) atoms. The molecule has 0 saturated heterocycles. The monoisotopic (exact) mass is 262 g/mol. The van der Waals surface area contributed by atoms with Crippen LogP contribution in [0.15, 0.2) is 12.1 Å². The summed E-state index contributed by atoms with van der Waals surface area (Å²) in [6.07, 6.45) is 0. The van der Waals surface area contributed by atoms with E-state index in [-0.39, 0.29) is 12.5 Å². The second-order valence-corrected chi connectivity index (χ2v) is 3.77. The molecule has 0 unspecified atom stereocenters. The third-order valence-corrected chi connectivity index (χ3v) is 2.65. The summed E-state index contributed by atoms with van der Waals surface area (Å²) in [5.41, 5.74) is 6.57. The van der Waals surface area contributed by atoms with Crippen LogP contribution in [0.2, 0.25) is 10.0 Å². The standard InChI is InChI=1S/C10H12Cl2N2O2/c1-2-16-8(15)5-14-10-7(13)4-3-6(11)9(10)12/h3-4,14H,2,5,13H2,1H3. The van der Waals surface area contributed by atoms with Gasteiger partial charge in [0.05, 0.1) is 28.0 Å². The third kappa shape index (κ3) is 3.18. The first-order valence-corrected chi connectivity index (χ1v) is 5.44. The maximum atomic E-state index is 11.1. The van der Waals surface area contributed by atoms with Gasteiger partial charge in [0.1, 0.15) is 6.54 Å². The normalized spacial score (nSPS) is 9.94. The van der Waals surface area contributed by atoms with E-state index in [0.29, 0.717) is 28.0 Å². The Morgan fingerprint density at radius 3 is 2.81 bits per heavy atom. The number of hydrogen-bond donors (Lipinski definition) is 2. The Morgan fingerprint density at radius 2 is 2.19 bits per heavy atom. The van der Waals surface area contributed by atoms with Crippen LogP contribution >= 0.6 is 23.2 Å². The molecule has 0 bridgehead atoms. The Kier molecular flexibility index (Phi) is 4.71. The van der Waals surface area contributed by atoms with Gasteiger partial charge in [0, 0.05) is 0 Å². The van der Waals surface area contributed by atoms with Crippen molar-refractivity contribution >= 4 is 40.5 Å². The van der Waals surface area contributed by atoms with Crippen molar-refractivity contribution in [3.05, 3.63) is 22.2 Å². The zero-order chi connectivity index (χ0) is 12.1. The molecular formula is C10H12Cl2N2O2. The van der Waals surface area contributed by atoms with E-state index in [2.05, 4.69) is 5.32 Å². The smallest absolute Gasteiger partial charge is 0.325 e. The maximum absolute atomic E-state index is 11.1. The van der Waals surface area contributed by atoms with Gasteiger partial charge in [-0.15, -0.1) is 0 Å². The first-order valence-electron chi connectivity index (χ1n) is 4.69. The lowest BCUT2D eigenvalue weighted by Crippen LogP contribution is -2.17. The summed E-state index contributed by atoms with van der Waals surface area (Å²) in [5.74, 6) is -0.377. The van der Waals surface area contributed by atoms with E-state index in [1.165, 1.54) is 0 Å². The van der Waals surface area contributed by atoms with E-state index in [0.717, 1.165) is 0 Å². The van der Waals surface area contributed by atoms with Crippen LogP contribution in [0.5, 0.6) is 0 Å². The minimum absolute atomic E-state index is 0.00188. The van der Waals surface area contributed by atoms with Crippen molar-refractivity contribution in [2.45, 2.75) is 6.92 Å². The van der Waals surface area contributed by atoms with Gasteiger partial charge in [-0.3, -0.25) is 4.79 Å². The van der Waals surface area contributed by atoms with Crippen molar-refractivity contribution in [2.24, 2.45) is 0 Å². The van der Waals surface area contributed by atoms with Crippen molar-refractivity contribution in [3.63, 3.8) is 0 Å². The minimum atomic E-state index is -0.377. The summed E-state index contributed by atoms with van der Waals surface area (Å²) >= 11 is 11.8. The number of rotatable bonds is 4. The quantitative estimate of drug-likeness (QED) is 0.647. The number of halogens is 2. The van der Waals surface area contributed by atoms with Gasteiger partial charge < -0.3 is 15.8 Å². The van der Waals surface area contributed by atoms with E-state index in [9.17, 15) is 4.79 Å². The molecule has 1 aromatic carbocycles. The predicted octanol–water partition coefficient (Wildman–Crippen LogP) is 2.55. The summed E-state index contributed by atoms with van der Waals surface area (Å²) in [4.78, 5) is 11.1. The number of esters is 1. The van der Waals surface area contributed by atoms with E-state index in [4.69, 9.17) is 33.7 Å². The molecule has 0 heterocycles. The van der Waals surface area contributed by atoms with Gasteiger partial charge >= 0.3 is 5.97 Å². The molecule has 4 nitrogen and oxygen atoms in total. The molecule has 88 valence electrons. The number of anilines is 2. The number of carbonyl (C=O) groups is 1. The number of hydrogen-bond acceptors (Lipinski definition) is 4. The molecular weight excluding hydrogens is 251 g/mol. The number of benzene rings is 1. The van der Waals surface area contributed by atoms with Gasteiger partial charge in [-0.25, -0.2) is 0 Å². The fraction of sp³-hybridized carbons (Fsp3) is 0.300. The summed E-state index contributed by atoms with van der Waals surface area (Å²) in [5, 5.41) is 3.46. The highest BCUT2D eigenvalue weighted by Gasteiger charge is 2.10. The third-order valence-electron chi connectivity index (χ3n) is 1.84. The van der Waals surface area contributed by atoms with Crippen LogP contribution in [0.25, 0.3) is 0 Å². The zero-order valence-electron chi connectivity index (χ0n) is 8.72. The van der Waals surface area contributed by atoms with E-state index in [1.54, 1.807) is 19.1 Å². The van der Waals surface area contributed by atoms with Gasteiger partial charge in [0.25, 0.3) is 0 Å². The molecule has 1 aromatic rings. The van der Waals surface area contributed by atoms with Gasteiger partial charge in [0.15, 0.2) is 0 Å². The fourth-order valence-electron chi connectivity index (χ4n) is 1.12. The molecule has 0 aliphatic heterocycles. The summed E-state index contributed by atoms with van der Waals surface area (Å²) < 4.78 is 4.76. The molecule has 0 amide bonds. The summed E-state index contributed by atoms with van der Waals surface area (Å²) in [6.45, 7) is 2.07.